The molecule has 0 saturated heterocycles. The highest BCUT2D eigenvalue weighted by molar-refractivity contribution is 14.0. The summed E-state index contributed by atoms with van der Waals surface area (Å²) in [6.07, 6.45) is 2.79. The Morgan fingerprint density at radius 3 is 2.93 bits per heavy atom. The van der Waals surface area contributed by atoms with Gasteiger partial charge in [0.15, 0.2) is 11.8 Å². The van der Waals surface area contributed by atoms with Crippen LogP contribution in [-0.4, -0.2) is 41.3 Å². The van der Waals surface area contributed by atoms with Crippen molar-refractivity contribution in [3.05, 3.63) is 47.2 Å². The quantitative estimate of drug-likeness (QED) is 0.243. The van der Waals surface area contributed by atoms with E-state index in [9.17, 15) is 0 Å². The second kappa shape index (κ2) is 11.1. The minimum atomic E-state index is -0.181. The van der Waals surface area contributed by atoms with Crippen LogP contribution in [0.2, 0.25) is 0 Å². The average Bonchev–Trinajstić information content (AvgIpc) is 3.33. The van der Waals surface area contributed by atoms with E-state index in [1.54, 1.807) is 7.05 Å². The van der Waals surface area contributed by atoms with Gasteiger partial charge in [-0.05, 0) is 38.3 Å². The van der Waals surface area contributed by atoms with Crippen LogP contribution < -0.4 is 10.6 Å². The van der Waals surface area contributed by atoms with Gasteiger partial charge >= 0.3 is 0 Å². The van der Waals surface area contributed by atoms with Crippen LogP contribution >= 0.6 is 24.0 Å². The van der Waals surface area contributed by atoms with E-state index >= 15 is 0 Å². The lowest BCUT2D eigenvalue weighted by molar-refractivity contribution is 0.0683. The number of aliphatic imine (C=N–C) groups is 1. The molecule has 29 heavy (non-hydrogen) atoms. The molecule has 0 radical (unpaired) electrons. The van der Waals surface area contributed by atoms with Gasteiger partial charge in [0.05, 0.1) is 6.54 Å². The summed E-state index contributed by atoms with van der Waals surface area (Å²) < 4.78 is 10.7. The first kappa shape index (κ1) is 23.1. The number of H-pyrrole nitrogens is 1. The zero-order valence-electron chi connectivity index (χ0n) is 17.3. The molecule has 1 aromatic carbocycles. The molecule has 0 aliphatic rings. The van der Waals surface area contributed by atoms with Gasteiger partial charge in [-0.1, -0.05) is 23.4 Å². The molecule has 3 rings (SSSR count). The molecule has 0 aliphatic carbocycles. The van der Waals surface area contributed by atoms with Crippen LogP contribution in [-0.2, 0) is 17.7 Å². The van der Waals surface area contributed by atoms with Gasteiger partial charge < -0.3 is 24.9 Å². The molecule has 2 heterocycles. The number of aromatic amines is 1. The van der Waals surface area contributed by atoms with Crippen LogP contribution in [0.5, 0.6) is 0 Å². The number of halogens is 1. The third-order valence-corrected chi connectivity index (χ3v) is 4.59. The summed E-state index contributed by atoms with van der Waals surface area (Å²) in [5.41, 5.74) is 3.74. The number of hydrogen-bond acceptors (Lipinski definition) is 5. The number of hydrogen-bond donors (Lipinski definition) is 3. The minimum absolute atomic E-state index is 0. The SMILES string of the molecule is CCOC(C)c1noc(CNC(=NC)NCCc2c[nH]c3c(C)cccc23)n1.I. The summed E-state index contributed by atoms with van der Waals surface area (Å²) in [6, 6.07) is 6.36. The Kier molecular flexibility index (Phi) is 8.90. The molecule has 0 aliphatic heterocycles. The number of benzene rings is 1. The van der Waals surface area contributed by atoms with Crippen LogP contribution in [0.3, 0.4) is 0 Å². The summed E-state index contributed by atoms with van der Waals surface area (Å²) in [5.74, 6) is 1.74. The Balaban J connectivity index is 0.00000300. The standard InChI is InChI=1S/C20H28N6O2.HI/c1-5-27-14(3)19-25-17(28-26-19)12-24-20(21-4)22-10-9-15-11-23-18-13(2)7-6-8-16(15)18;/h6-8,11,14,23H,5,9-10,12H2,1-4H3,(H2,21,22,24);1H. The smallest absolute Gasteiger partial charge is 0.246 e. The van der Waals surface area contributed by atoms with E-state index in [-0.39, 0.29) is 30.1 Å². The number of ether oxygens (including phenoxy) is 1. The predicted molar refractivity (Wildman–Crippen MR) is 125 cm³/mol. The molecule has 9 heteroatoms. The molecule has 0 bridgehead atoms. The maximum absolute atomic E-state index is 5.47. The van der Waals surface area contributed by atoms with Crippen molar-refractivity contribution in [2.45, 2.75) is 39.8 Å². The lowest BCUT2D eigenvalue weighted by Crippen LogP contribution is -2.37. The molecule has 1 atom stereocenters. The molecule has 0 saturated carbocycles. The van der Waals surface area contributed by atoms with E-state index in [2.05, 4.69) is 62.1 Å². The van der Waals surface area contributed by atoms with Gasteiger partial charge in [-0.2, -0.15) is 4.98 Å². The molecule has 2 aromatic heterocycles. The number of rotatable bonds is 8. The van der Waals surface area contributed by atoms with Gasteiger partial charge in [0.1, 0.15) is 6.10 Å². The summed E-state index contributed by atoms with van der Waals surface area (Å²) in [4.78, 5) is 12.0. The number of fused-ring (bicyclic) bond motifs is 1. The highest BCUT2D eigenvalue weighted by Crippen LogP contribution is 2.21. The maximum atomic E-state index is 5.47. The number of nitrogens with one attached hydrogen (secondary N) is 3. The summed E-state index contributed by atoms with van der Waals surface area (Å²) in [7, 11) is 1.74. The van der Waals surface area contributed by atoms with Crippen LogP contribution in [0.4, 0.5) is 0 Å². The van der Waals surface area contributed by atoms with Gasteiger partial charge in [0.2, 0.25) is 5.89 Å². The Bertz CT molecular complexity index is 936. The fourth-order valence-corrected chi connectivity index (χ4v) is 3.10. The minimum Gasteiger partial charge on any atom is -0.371 e. The first-order valence-electron chi connectivity index (χ1n) is 9.56. The number of nitrogens with zero attached hydrogens (tertiary/aromatic N) is 3. The van der Waals surface area contributed by atoms with Crippen LogP contribution in [0, 0.1) is 6.92 Å². The van der Waals surface area contributed by atoms with Crippen molar-refractivity contribution in [3.63, 3.8) is 0 Å². The lowest BCUT2D eigenvalue weighted by Gasteiger charge is -2.10. The molecule has 8 nitrogen and oxygen atoms in total. The van der Waals surface area contributed by atoms with Crippen molar-refractivity contribution in [1.29, 1.82) is 0 Å². The second-order valence-electron chi connectivity index (χ2n) is 6.56. The first-order chi connectivity index (χ1) is 13.6. The zero-order valence-corrected chi connectivity index (χ0v) is 19.6. The van der Waals surface area contributed by atoms with Crippen molar-refractivity contribution in [3.8, 4) is 0 Å². The van der Waals surface area contributed by atoms with Crippen LogP contribution in [0.15, 0.2) is 33.9 Å². The Hall–Kier alpha value is -2.14. The molecule has 3 N–H and O–H groups in total. The highest BCUT2D eigenvalue weighted by Gasteiger charge is 2.14. The Morgan fingerprint density at radius 1 is 1.34 bits per heavy atom. The predicted octanol–water partition coefficient (Wildman–Crippen LogP) is 3.48. The number of aromatic nitrogens is 3. The van der Waals surface area contributed by atoms with Crippen molar-refractivity contribution >= 4 is 40.8 Å². The van der Waals surface area contributed by atoms with Crippen molar-refractivity contribution in [2.75, 3.05) is 20.2 Å². The van der Waals surface area contributed by atoms with Gasteiger partial charge in [0.25, 0.3) is 0 Å². The van der Waals surface area contributed by atoms with Gasteiger partial charge in [0, 0.05) is 37.3 Å². The Morgan fingerprint density at radius 2 is 2.17 bits per heavy atom. The molecule has 0 fully saturated rings. The average molecular weight is 512 g/mol. The maximum Gasteiger partial charge on any atom is 0.246 e. The second-order valence-corrected chi connectivity index (χ2v) is 6.56. The summed E-state index contributed by atoms with van der Waals surface area (Å²) in [5, 5.41) is 11.7. The number of aryl methyl sites for hydroxylation is 1. The number of guanidine groups is 1. The Labute approximate surface area is 187 Å². The van der Waals surface area contributed by atoms with E-state index in [0.717, 1.165) is 13.0 Å². The fraction of sp³-hybridized carbons (Fsp3) is 0.450. The molecule has 158 valence electrons. The van der Waals surface area contributed by atoms with E-state index in [4.69, 9.17) is 9.26 Å². The molecule has 0 amide bonds. The van der Waals surface area contributed by atoms with Gasteiger partial charge in [-0.3, -0.25) is 4.99 Å². The van der Waals surface area contributed by atoms with Crippen molar-refractivity contribution < 1.29 is 9.26 Å². The zero-order chi connectivity index (χ0) is 19.9. The van der Waals surface area contributed by atoms with Crippen LogP contribution in [0.1, 0.15) is 42.8 Å². The number of para-hydroxylation sites is 1. The van der Waals surface area contributed by atoms with E-state index in [1.165, 1.54) is 22.0 Å². The summed E-state index contributed by atoms with van der Waals surface area (Å²) >= 11 is 0. The van der Waals surface area contributed by atoms with Gasteiger partial charge in [-0.15, -0.1) is 24.0 Å². The van der Waals surface area contributed by atoms with Crippen molar-refractivity contribution in [1.82, 2.24) is 25.8 Å². The monoisotopic (exact) mass is 512 g/mol. The third-order valence-electron chi connectivity index (χ3n) is 4.59. The van der Waals surface area contributed by atoms with E-state index in [1.807, 2.05) is 13.8 Å². The van der Waals surface area contributed by atoms with E-state index in [0.29, 0.717) is 30.8 Å². The van der Waals surface area contributed by atoms with Crippen LogP contribution in [0.25, 0.3) is 10.9 Å². The normalized spacial score (nSPS) is 12.6. The first-order valence-corrected chi connectivity index (χ1v) is 9.56. The molecule has 0 spiro atoms. The molecule has 3 aromatic rings. The topological polar surface area (TPSA) is 100 Å². The lowest BCUT2D eigenvalue weighted by atomic mass is 10.1. The summed E-state index contributed by atoms with van der Waals surface area (Å²) in [6.45, 7) is 7.72. The molecular formula is C20H29IN6O2. The van der Waals surface area contributed by atoms with Gasteiger partial charge in [-0.25, -0.2) is 0 Å². The fourth-order valence-electron chi connectivity index (χ4n) is 3.10. The third kappa shape index (κ3) is 5.92. The van der Waals surface area contributed by atoms with E-state index < -0.39 is 0 Å². The highest BCUT2D eigenvalue weighted by atomic mass is 127. The molecular weight excluding hydrogens is 483 g/mol. The largest absolute Gasteiger partial charge is 0.371 e. The van der Waals surface area contributed by atoms with Crippen molar-refractivity contribution in [2.24, 2.45) is 4.99 Å². The molecule has 1 unspecified atom stereocenters.